The second kappa shape index (κ2) is 10.8. The minimum atomic E-state index is -5.00. The Morgan fingerprint density at radius 1 is 0.875 bits per heavy atom. The van der Waals surface area contributed by atoms with Crippen molar-refractivity contribution < 1.29 is 53.7 Å². The summed E-state index contributed by atoms with van der Waals surface area (Å²) in [5.41, 5.74) is 0.873. The fourth-order valence-electron chi connectivity index (χ4n) is 4.67. The molecule has 0 saturated carbocycles. The van der Waals surface area contributed by atoms with Crippen LogP contribution in [0.2, 0.25) is 0 Å². The van der Waals surface area contributed by atoms with Gasteiger partial charge in [-0.25, -0.2) is 0 Å². The number of nitrogens with zero attached hydrogens (tertiary/aromatic N) is 1. The first-order valence-electron chi connectivity index (χ1n) is 11.8. The van der Waals surface area contributed by atoms with E-state index in [1.165, 1.54) is 41.3 Å². The monoisotopic (exact) mass is 581 g/mol. The Bertz CT molecular complexity index is 1320. The molecule has 1 aliphatic rings. The summed E-state index contributed by atoms with van der Waals surface area (Å²) in [6.45, 7) is -0.962. The number of anilines is 1. The summed E-state index contributed by atoms with van der Waals surface area (Å²) in [5, 5.41) is 9.91. The second-order valence-electron chi connectivity index (χ2n) is 9.18. The first-order chi connectivity index (χ1) is 18.6. The lowest BCUT2D eigenvalue weighted by molar-refractivity contribution is -0.253. The quantitative estimate of drug-likeness (QED) is 0.287. The molecule has 0 aromatic heterocycles. The van der Waals surface area contributed by atoms with Crippen LogP contribution in [0.25, 0.3) is 11.1 Å². The standard InChI is InChI=1S/C27H21F10NO2/c28-24(29)27(36,37)40-18-4-1-3-16(13-18)21-12-11-20-19(15-7-9-17(10-8-15)25(30,31)32)5-2-6-22(20)38(21)14-23(39)26(33,34)35/h1-10,13,21,23-24,39H,11-12,14H2. The van der Waals surface area contributed by atoms with E-state index in [0.717, 1.165) is 24.3 Å². The summed E-state index contributed by atoms with van der Waals surface area (Å²) in [6, 6.07) is 12.5. The third-order valence-electron chi connectivity index (χ3n) is 6.53. The highest BCUT2D eigenvalue weighted by Crippen LogP contribution is 2.44. The average molecular weight is 581 g/mol. The van der Waals surface area contributed by atoms with E-state index < -0.39 is 54.9 Å². The van der Waals surface area contributed by atoms with Crippen molar-refractivity contribution >= 4 is 5.69 Å². The predicted molar refractivity (Wildman–Crippen MR) is 125 cm³/mol. The van der Waals surface area contributed by atoms with E-state index in [0.29, 0.717) is 16.7 Å². The Labute approximate surface area is 221 Å². The van der Waals surface area contributed by atoms with Gasteiger partial charge in [0.1, 0.15) is 5.75 Å². The highest BCUT2D eigenvalue weighted by atomic mass is 19.4. The van der Waals surface area contributed by atoms with Crippen LogP contribution in [0.15, 0.2) is 66.7 Å². The Hall–Kier alpha value is -3.48. The number of alkyl halides is 10. The molecule has 0 radical (unpaired) electrons. The first kappa shape index (κ1) is 29.5. The van der Waals surface area contributed by atoms with Crippen LogP contribution in [-0.2, 0) is 12.6 Å². The van der Waals surface area contributed by atoms with Crippen LogP contribution in [0.4, 0.5) is 49.6 Å². The van der Waals surface area contributed by atoms with E-state index in [1.807, 2.05) is 0 Å². The van der Waals surface area contributed by atoms with Gasteiger partial charge in [-0.2, -0.15) is 43.9 Å². The number of hydrogen-bond donors (Lipinski definition) is 1. The normalized spacial score (nSPS) is 17.1. The van der Waals surface area contributed by atoms with Crippen LogP contribution < -0.4 is 9.64 Å². The molecule has 13 heteroatoms. The molecule has 216 valence electrons. The smallest absolute Gasteiger partial charge is 0.428 e. The number of aliphatic hydroxyl groups excluding tert-OH is 1. The van der Waals surface area contributed by atoms with Gasteiger partial charge in [0, 0.05) is 5.69 Å². The van der Waals surface area contributed by atoms with Crippen LogP contribution in [-0.4, -0.2) is 36.5 Å². The molecule has 0 bridgehead atoms. The number of β-amino-alcohol motifs (C(OH)–C–C–N with tert-alkyl or cyclic N) is 1. The maximum Gasteiger partial charge on any atom is 0.461 e. The van der Waals surface area contributed by atoms with E-state index in [4.69, 9.17) is 0 Å². The highest BCUT2D eigenvalue weighted by molar-refractivity contribution is 5.76. The van der Waals surface area contributed by atoms with Crippen molar-refractivity contribution in [3.63, 3.8) is 0 Å². The van der Waals surface area contributed by atoms with Gasteiger partial charge in [-0.1, -0.05) is 36.4 Å². The second-order valence-corrected chi connectivity index (χ2v) is 9.18. The molecule has 40 heavy (non-hydrogen) atoms. The van der Waals surface area contributed by atoms with Crippen molar-refractivity contribution in [3.05, 3.63) is 83.4 Å². The number of aliphatic hydroxyl groups is 1. The lowest BCUT2D eigenvalue weighted by Crippen LogP contribution is -2.44. The number of rotatable bonds is 7. The molecule has 2 atom stereocenters. The molecule has 0 saturated heterocycles. The van der Waals surface area contributed by atoms with Crippen LogP contribution in [0.3, 0.4) is 0 Å². The van der Waals surface area contributed by atoms with Gasteiger partial charge in [-0.05, 0) is 65.4 Å². The SMILES string of the molecule is OC(CN1c2cccc(-c3ccc(C(F)(F)F)cc3)c2CCC1c1cccc(OC(F)(F)C(F)F)c1)C(F)(F)F. The zero-order chi connectivity index (χ0) is 29.5. The molecule has 0 fully saturated rings. The topological polar surface area (TPSA) is 32.7 Å². The third kappa shape index (κ3) is 6.29. The van der Waals surface area contributed by atoms with Crippen LogP contribution in [0, 0.1) is 0 Å². The molecule has 3 nitrogen and oxygen atoms in total. The Kier molecular flexibility index (Phi) is 7.99. The van der Waals surface area contributed by atoms with Gasteiger partial charge in [0.25, 0.3) is 0 Å². The van der Waals surface area contributed by atoms with Crippen LogP contribution in [0.1, 0.15) is 29.2 Å². The summed E-state index contributed by atoms with van der Waals surface area (Å²) in [6.07, 6.45) is -21.0. The highest BCUT2D eigenvalue weighted by Gasteiger charge is 2.44. The number of fused-ring (bicyclic) bond motifs is 1. The van der Waals surface area contributed by atoms with Crippen molar-refractivity contribution in [1.29, 1.82) is 0 Å². The van der Waals surface area contributed by atoms with Crippen molar-refractivity contribution in [3.8, 4) is 16.9 Å². The van der Waals surface area contributed by atoms with Gasteiger partial charge < -0.3 is 14.7 Å². The molecule has 4 rings (SSSR count). The molecule has 3 aromatic carbocycles. The molecule has 2 unspecified atom stereocenters. The lowest BCUT2D eigenvalue weighted by Gasteiger charge is -2.41. The first-order valence-corrected chi connectivity index (χ1v) is 11.8. The summed E-state index contributed by atoms with van der Waals surface area (Å²) in [5.74, 6) is -0.636. The summed E-state index contributed by atoms with van der Waals surface area (Å²) in [7, 11) is 0. The van der Waals surface area contributed by atoms with E-state index in [1.54, 1.807) is 6.07 Å². The fraction of sp³-hybridized carbons (Fsp3) is 0.333. The lowest BCUT2D eigenvalue weighted by atomic mass is 9.86. The maximum absolute atomic E-state index is 13.5. The van der Waals surface area contributed by atoms with Crippen molar-refractivity contribution in [2.45, 2.75) is 49.9 Å². The Morgan fingerprint density at radius 3 is 2.12 bits per heavy atom. The molecule has 1 aliphatic heterocycles. The molecule has 3 aromatic rings. The van der Waals surface area contributed by atoms with E-state index >= 15 is 0 Å². The summed E-state index contributed by atoms with van der Waals surface area (Å²) in [4.78, 5) is 1.22. The Morgan fingerprint density at radius 2 is 1.52 bits per heavy atom. The van der Waals surface area contributed by atoms with Gasteiger partial charge in [0.05, 0.1) is 18.2 Å². The van der Waals surface area contributed by atoms with Gasteiger partial charge in [-0.3, -0.25) is 0 Å². The summed E-state index contributed by atoms with van der Waals surface area (Å²) >= 11 is 0. The number of benzene rings is 3. The zero-order valence-corrected chi connectivity index (χ0v) is 20.3. The fourth-order valence-corrected chi connectivity index (χ4v) is 4.67. The maximum atomic E-state index is 13.5. The van der Waals surface area contributed by atoms with Crippen LogP contribution >= 0.6 is 0 Å². The molecule has 1 N–H and O–H groups in total. The van der Waals surface area contributed by atoms with Gasteiger partial charge in [0.2, 0.25) is 0 Å². The Balaban J connectivity index is 1.75. The van der Waals surface area contributed by atoms with Crippen molar-refractivity contribution in [1.82, 2.24) is 0 Å². The number of hydrogen-bond acceptors (Lipinski definition) is 3. The zero-order valence-electron chi connectivity index (χ0n) is 20.3. The molecule has 0 amide bonds. The summed E-state index contributed by atoms with van der Waals surface area (Å²) < 4.78 is 135. The van der Waals surface area contributed by atoms with E-state index in [2.05, 4.69) is 4.74 Å². The molecule has 1 heterocycles. The van der Waals surface area contributed by atoms with Gasteiger partial charge in [-0.15, -0.1) is 0 Å². The predicted octanol–water partition coefficient (Wildman–Crippen LogP) is 8.03. The third-order valence-corrected chi connectivity index (χ3v) is 6.53. The van der Waals surface area contributed by atoms with E-state index in [-0.39, 0.29) is 24.1 Å². The largest absolute Gasteiger partial charge is 0.461 e. The minimum Gasteiger partial charge on any atom is -0.428 e. The molecule has 0 aliphatic carbocycles. The van der Waals surface area contributed by atoms with Crippen LogP contribution in [0.5, 0.6) is 5.75 Å². The molecular weight excluding hydrogens is 560 g/mol. The number of ether oxygens (including phenoxy) is 1. The van der Waals surface area contributed by atoms with Gasteiger partial charge in [0.15, 0.2) is 6.10 Å². The van der Waals surface area contributed by atoms with Crippen molar-refractivity contribution in [2.24, 2.45) is 0 Å². The van der Waals surface area contributed by atoms with Crippen molar-refractivity contribution in [2.75, 3.05) is 11.4 Å². The van der Waals surface area contributed by atoms with E-state index in [9.17, 15) is 49.0 Å². The molecule has 0 spiro atoms. The minimum absolute atomic E-state index is 0.101. The average Bonchev–Trinajstić information content (AvgIpc) is 2.87. The number of halogens is 10. The van der Waals surface area contributed by atoms with Gasteiger partial charge >= 0.3 is 24.9 Å². The molecular formula is C27H21F10NO2.